The molecule has 0 unspecified atom stereocenters. The van der Waals surface area contributed by atoms with Crippen molar-refractivity contribution in [3.8, 4) is 0 Å². The van der Waals surface area contributed by atoms with Gasteiger partial charge in [0.05, 0.1) is 0 Å². The largest absolute Gasteiger partial charge is 0.350 e. The van der Waals surface area contributed by atoms with E-state index in [-0.39, 0.29) is 11.7 Å². The summed E-state index contributed by atoms with van der Waals surface area (Å²) in [5.74, 6) is -0.299. The highest BCUT2D eigenvalue weighted by atomic mass is 19.1. The number of hydrogen-bond acceptors (Lipinski definition) is 2. The first-order valence-corrected chi connectivity index (χ1v) is 6.97. The SMILES string of the molecule is CCN1CCN(C(=O)c2cc3ccc(F)cc3[nH]2)CC1. The van der Waals surface area contributed by atoms with Crippen LogP contribution in [0.15, 0.2) is 24.3 Å². The maximum Gasteiger partial charge on any atom is 0.270 e. The van der Waals surface area contributed by atoms with Crippen molar-refractivity contribution in [2.24, 2.45) is 0 Å². The molecular weight excluding hydrogens is 257 g/mol. The summed E-state index contributed by atoms with van der Waals surface area (Å²) in [5.41, 5.74) is 1.20. The van der Waals surface area contributed by atoms with E-state index < -0.39 is 0 Å². The zero-order valence-electron chi connectivity index (χ0n) is 11.5. The fourth-order valence-electron chi connectivity index (χ4n) is 2.65. The lowest BCUT2D eigenvalue weighted by Crippen LogP contribution is -2.48. The third-order valence-electron chi connectivity index (χ3n) is 3.92. The Kier molecular flexibility index (Phi) is 3.44. The Balaban J connectivity index is 1.79. The lowest BCUT2D eigenvalue weighted by atomic mass is 10.2. The van der Waals surface area contributed by atoms with Crippen molar-refractivity contribution in [3.05, 3.63) is 35.8 Å². The van der Waals surface area contributed by atoms with E-state index in [9.17, 15) is 9.18 Å². The molecule has 0 radical (unpaired) electrons. The zero-order valence-corrected chi connectivity index (χ0v) is 11.5. The van der Waals surface area contributed by atoms with Gasteiger partial charge >= 0.3 is 0 Å². The van der Waals surface area contributed by atoms with Crippen LogP contribution < -0.4 is 0 Å². The smallest absolute Gasteiger partial charge is 0.270 e. The minimum Gasteiger partial charge on any atom is -0.350 e. The molecule has 0 bridgehead atoms. The van der Waals surface area contributed by atoms with Gasteiger partial charge in [-0.25, -0.2) is 4.39 Å². The summed E-state index contributed by atoms with van der Waals surface area (Å²) in [5, 5.41) is 0.863. The number of H-pyrrole nitrogens is 1. The Hall–Kier alpha value is -1.88. The van der Waals surface area contributed by atoms with Crippen molar-refractivity contribution in [3.63, 3.8) is 0 Å². The Morgan fingerprint density at radius 2 is 2.00 bits per heavy atom. The highest BCUT2D eigenvalue weighted by Gasteiger charge is 2.22. The van der Waals surface area contributed by atoms with Gasteiger partial charge in [-0.2, -0.15) is 0 Å². The summed E-state index contributed by atoms with van der Waals surface area (Å²) in [6.45, 7) is 6.47. The fourth-order valence-corrected chi connectivity index (χ4v) is 2.65. The average molecular weight is 275 g/mol. The fraction of sp³-hybridized carbons (Fsp3) is 0.400. The van der Waals surface area contributed by atoms with Gasteiger partial charge in [-0.3, -0.25) is 4.79 Å². The molecule has 1 fully saturated rings. The van der Waals surface area contributed by atoms with E-state index in [4.69, 9.17) is 0 Å². The van der Waals surface area contributed by atoms with Crippen LogP contribution in [0.1, 0.15) is 17.4 Å². The van der Waals surface area contributed by atoms with E-state index in [1.807, 2.05) is 4.90 Å². The minimum absolute atomic E-state index is 0.00244. The molecule has 2 aromatic rings. The second-order valence-electron chi connectivity index (χ2n) is 5.14. The summed E-state index contributed by atoms with van der Waals surface area (Å²) in [7, 11) is 0. The highest BCUT2D eigenvalue weighted by Crippen LogP contribution is 2.18. The molecule has 5 heteroatoms. The lowest BCUT2D eigenvalue weighted by molar-refractivity contribution is 0.0638. The van der Waals surface area contributed by atoms with Crippen LogP contribution in [0.4, 0.5) is 4.39 Å². The van der Waals surface area contributed by atoms with Crippen LogP contribution in [0, 0.1) is 5.82 Å². The quantitative estimate of drug-likeness (QED) is 0.911. The molecule has 1 N–H and O–H groups in total. The van der Waals surface area contributed by atoms with E-state index in [1.165, 1.54) is 12.1 Å². The third-order valence-corrected chi connectivity index (χ3v) is 3.92. The van der Waals surface area contributed by atoms with Crippen molar-refractivity contribution in [1.82, 2.24) is 14.8 Å². The summed E-state index contributed by atoms with van der Waals surface area (Å²) in [4.78, 5) is 19.6. The number of halogens is 1. The van der Waals surface area contributed by atoms with E-state index in [0.29, 0.717) is 11.2 Å². The van der Waals surface area contributed by atoms with Gasteiger partial charge in [-0.1, -0.05) is 6.92 Å². The Labute approximate surface area is 117 Å². The number of carbonyl (C=O) groups is 1. The normalized spacial score (nSPS) is 16.8. The summed E-state index contributed by atoms with van der Waals surface area (Å²) >= 11 is 0. The van der Waals surface area contributed by atoms with Crippen molar-refractivity contribution >= 4 is 16.8 Å². The molecule has 1 saturated heterocycles. The summed E-state index contributed by atoms with van der Waals surface area (Å²) in [6, 6.07) is 6.31. The Bertz CT molecular complexity index is 629. The number of piperazine rings is 1. The van der Waals surface area contributed by atoms with Crippen molar-refractivity contribution < 1.29 is 9.18 Å². The number of benzene rings is 1. The van der Waals surface area contributed by atoms with Gasteiger partial charge in [-0.15, -0.1) is 0 Å². The molecule has 1 aromatic heterocycles. The maximum atomic E-state index is 13.2. The molecule has 1 aliphatic rings. The van der Waals surface area contributed by atoms with Gasteiger partial charge in [0.25, 0.3) is 5.91 Å². The maximum absolute atomic E-state index is 13.2. The molecule has 106 valence electrons. The van der Waals surface area contributed by atoms with Crippen LogP contribution in [0.3, 0.4) is 0 Å². The summed E-state index contributed by atoms with van der Waals surface area (Å²) < 4.78 is 13.2. The first-order valence-electron chi connectivity index (χ1n) is 6.97. The van der Waals surface area contributed by atoms with Crippen molar-refractivity contribution in [2.75, 3.05) is 32.7 Å². The standard InChI is InChI=1S/C15H18FN3O/c1-2-18-5-7-19(8-6-18)15(20)14-9-11-3-4-12(16)10-13(11)17-14/h3-4,9-10,17H,2,5-8H2,1H3. The van der Waals surface area contributed by atoms with Gasteiger partial charge in [-0.05, 0) is 30.8 Å². The van der Waals surface area contributed by atoms with E-state index in [0.717, 1.165) is 38.1 Å². The predicted molar refractivity (Wildman–Crippen MR) is 76.3 cm³/mol. The van der Waals surface area contributed by atoms with E-state index >= 15 is 0 Å². The molecule has 0 aliphatic carbocycles. The minimum atomic E-state index is -0.296. The molecular formula is C15H18FN3O. The van der Waals surface area contributed by atoms with Gasteiger partial charge in [0, 0.05) is 37.1 Å². The van der Waals surface area contributed by atoms with Gasteiger partial charge in [0.15, 0.2) is 0 Å². The Morgan fingerprint density at radius 1 is 1.25 bits per heavy atom. The van der Waals surface area contributed by atoms with Crippen LogP contribution in [0.5, 0.6) is 0 Å². The van der Waals surface area contributed by atoms with Gasteiger partial charge < -0.3 is 14.8 Å². The van der Waals surface area contributed by atoms with E-state index in [2.05, 4.69) is 16.8 Å². The van der Waals surface area contributed by atoms with Crippen LogP contribution in [-0.4, -0.2) is 53.4 Å². The number of likely N-dealkylation sites (N-methyl/N-ethyl adjacent to an activating group) is 1. The number of aromatic nitrogens is 1. The average Bonchev–Trinajstić information content (AvgIpc) is 2.89. The molecule has 0 saturated carbocycles. The van der Waals surface area contributed by atoms with Crippen molar-refractivity contribution in [1.29, 1.82) is 0 Å². The highest BCUT2D eigenvalue weighted by molar-refractivity contribution is 5.98. The topological polar surface area (TPSA) is 39.3 Å². The summed E-state index contributed by atoms with van der Waals surface area (Å²) in [6.07, 6.45) is 0. The number of nitrogens with one attached hydrogen (secondary N) is 1. The number of carbonyl (C=O) groups excluding carboxylic acids is 1. The molecule has 4 nitrogen and oxygen atoms in total. The molecule has 2 heterocycles. The second kappa shape index (κ2) is 5.25. The molecule has 20 heavy (non-hydrogen) atoms. The number of hydrogen-bond donors (Lipinski definition) is 1. The monoisotopic (exact) mass is 275 g/mol. The number of nitrogens with zero attached hydrogens (tertiary/aromatic N) is 2. The molecule has 0 spiro atoms. The van der Waals surface area contributed by atoms with Crippen LogP contribution in [0.25, 0.3) is 10.9 Å². The first kappa shape index (κ1) is 13.1. The molecule has 1 amide bonds. The molecule has 0 atom stereocenters. The number of aromatic amines is 1. The first-order chi connectivity index (χ1) is 9.67. The lowest BCUT2D eigenvalue weighted by Gasteiger charge is -2.33. The second-order valence-corrected chi connectivity index (χ2v) is 5.14. The van der Waals surface area contributed by atoms with E-state index in [1.54, 1.807) is 12.1 Å². The van der Waals surface area contributed by atoms with Crippen LogP contribution >= 0.6 is 0 Å². The Morgan fingerprint density at radius 3 is 2.70 bits per heavy atom. The molecule has 1 aromatic carbocycles. The van der Waals surface area contributed by atoms with Crippen LogP contribution in [-0.2, 0) is 0 Å². The number of amides is 1. The van der Waals surface area contributed by atoms with Gasteiger partial charge in [0.2, 0.25) is 0 Å². The third kappa shape index (κ3) is 2.41. The predicted octanol–water partition coefficient (Wildman–Crippen LogP) is 2.08. The molecule has 1 aliphatic heterocycles. The molecule has 3 rings (SSSR count). The van der Waals surface area contributed by atoms with Crippen molar-refractivity contribution in [2.45, 2.75) is 6.92 Å². The number of fused-ring (bicyclic) bond motifs is 1. The zero-order chi connectivity index (χ0) is 14.1. The number of rotatable bonds is 2. The van der Waals surface area contributed by atoms with Gasteiger partial charge in [0.1, 0.15) is 11.5 Å². The van der Waals surface area contributed by atoms with Crippen LogP contribution in [0.2, 0.25) is 0 Å².